The molecule has 0 atom stereocenters. The van der Waals surface area contributed by atoms with Gasteiger partial charge in [-0.25, -0.2) is 0 Å². The fourth-order valence-electron chi connectivity index (χ4n) is 1.86. The first kappa shape index (κ1) is 11.6. The van der Waals surface area contributed by atoms with Crippen LogP contribution in [-0.2, 0) is 6.18 Å². The summed E-state index contributed by atoms with van der Waals surface area (Å²) in [5, 5.41) is 8.89. The van der Waals surface area contributed by atoms with E-state index in [4.69, 9.17) is 0 Å². The number of aromatic nitrogens is 2. The fourth-order valence-corrected chi connectivity index (χ4v) is 2.47. The van der Waals surface area contributed by atoms with Crippen molar-refractivity contribution in [2.45, 2.75) is 31.9 Å². The summed E-state index contributed by atoms with van der Waals surface area (Å²) in [6, 6.07) is 0. The number of anilines is 1. The van der Waals surface area contributed by atoms with E-state index in [1.54, 1.807) is 0 Å². The Morgan fingerprint density at radius 1 is 1.25 bits per heavy atom. The first-order valence-corrected chi connectivity index (χ1v) is 6.02. The van der Waals surface area contributed by atoms with Crippen LogP contribution in [0.2, 0.25) is 0 Å². The largest absolute Gasteiger partial charge is 0.445 e. The molecule has 2 rings (SSSR count). The van der Waals surface area contributed by atoms with Crippen LogP contribution in [0.3, 0.4) is 0 Å². The highest BCUT2D eigenvalue weighted by atomic mass is 32.1. The average molecular weight is 251 g/mol. The lowest BCUT2D eigenvalue weighted by molar-refractivity contribution is -0.138. The molecule has 1 aliphatic carbocycles. The Morgan fingerprint density at radius 2 is 1.94 bits per heavy atom. The highest BCUT2D eigenvalue weighted by Gasteiger charge is 2.35. The molecule has 0 unspecified atom stereocenters. The topological polar surface area (TPSA) is 37.8 Å². The van der Waals surface area contributed by atoms with Gasteiger partial charge in [-0.05, 0) is 18.8 Å². The molecule has 0 bridgehead atoms. The van der Waals surface area contributed by atoms with Crippen molar-refractivity contribution in [3.05, 3.63) is 5.01 Å². The monoisotopic (exact) mass is 251 g/mol. The molecule has 0 aromatic carbocycles. The molecule has 0 radical (unpaired) electrons. The smallest absolute Gasteiger partial charge is 0.360 e. The molecule has 1 N–H and O–H groups in total. The number of nitrogens with zero attached hydrogens (tertiary/aromatic N) is 2. The molecule has 1 heterocycles. The Hall–Kier alpha value is -0.850. The summed E-state index contributed by atoms with van der Waals surface area (Å²) in [4.78, 5) is 0. The molecule has 1 aromatic heterocycles. The number of alkyl halides is 3. The van der Waals surface area contributed by atoms with Crippen LogP contribution in [0.15, 0.2) is 0 Å². The van der Waals surface area contributed by atoms with Gasteiger partial charge in [-0.3, -0.25) is 0 Å². The van der Waals surface area contributed by atoms with Crippen LogP contribution in [0, 0.1) is 5.92 Å². The second-order valence-corrected chi connectivity index (χ2v) is 4.92. The van der Waals surface area contributed by atoms with Crippen molar-refractivity contribution in [2.24, 2.45) is 5.92 Å². The molecule has 0 spiro atoms. The zero-order valence-corrected chi connectivity index (χ0v) is 9.37. The van der Waals surface area contributed by atoms with Gasteiger partial charge in [0.05, 0.1) is 0 Å². The number of hydrogen-bond donors (Lipinski definition) is 1. The van der Waals surface area contributed by atoms with Crippen molar-refractivity contribution in [1.29, 1.82) is 0 Å². The molecule has 1 fully saturated rings. The molecule has 0 aliphatic heterocycles. The second kappa shape index (κ2) is 4.57. The summed E-state index contributed by atoms with van der Waals surface area (Å²) >= 11 is 0.565. The molecule has 1 saturated carbocycles. The first-order valence-electron chi connectivity index (χ1n) is 5.20. The molecule has 0 amide bonds. The van der Waals surface area contributed by atoms with Crippen molar-refractivity contribution in [3.63, 3.8) is 0 Å². The molecular formula is C9H12F3N3S. The van der Waals surface area contributed by atoms with Gasteiger partial charge in [0.1, 0.15) is 0 Å². The van der Waals surface area contributed by atoms with Crippen molar-refractivity contribution in [2.75, 3.05) is 11.9 Å². The second-order valence-electron chi connectivity index (χ2n) is 3.94. The number of nitrogens with one attached hydrogen (secondary N) is 1. The zero-order chi connectivity index (χ0) is 11.6. The quantitative estimate of drug-likeness (QED) is 0.896. The van der Waals surface area contributed by atoms with Gasteiger partial charge in [0.15, 0.2) is 0 Å². The highest BCUT2D eigenvalue weighted by Crippen LogP contribution is 2.33. The van der Waals surface area contributed by atoms with E-state index in [0.717, 1.165) is 12.8 Å². The summed E-state index contributed by atoms with van der Waals surface area (Å²) in [5.41, 5.74) is 0. The van der Waals surface area contributed by atoms with Crippen LogP contribution in [0.4, 0.5) is 18.3 Å². The maximum Gasteiger partial charge on any atom is 0.445 e. The van der Waals surface area contributed by atoms with E-state index in [2.05, 4.69) is 15.5 Å². The first-order chi connectivity index (χ1) is 7.55. The van der Waals surface area contributed by atoms with E-state index in [9.17, 15) is 13.2 Å². The van der Waals surface area contributed by atoms with Crippen molar-refractivity contribution in [1.82, 2.24) is 10.2 Å². The SMILES string of the molecule is FC(F)(F)c1nnc(NCC2CCCC2)s1. The lowest BCUT2D eigenvalue weighted by Gasteiger charge is -2.08. The minimum Gasteiger partial charge on any atom is -0.360 e. The molecule has 1 aromatic rings. The average Bonchev–Trinajstić information content (AvgIpc) is 2.85. The summed E-state index contributed by atoms with van der Waals surface area (Å²) in [6.07, 6.45) is 0.355. The molecule has 7 heteroatoms. The summed E-state index contributed by atoms with van der Waals surface area (Å²) in [5.74, 6) is 0.568. The van der Waals surface area contributed by atoms with E-state index in [1.807, 2.05) is 0 Å². The van der Waals surface area contributed by atoms with Gasteiger partial charge < -0.3 is 5.32 Å². The van der Waals surface area contributed by atoms with E-state index in [-0.39, 0.29) is 5.13 Å². The summed E-state index contributed by atoms with van der Waals surface area (Å²) in [7, 11) is 0. The van der Waals surface area contributed by atoms with Crippen LogP contribution < -0.4 is 5.32 Å². The summed E-state index contributed by atoms with van der Waals surface area (Å²) < 4.78 is 36.7. The van der Waals surface area contributed by atoms with Gasteiger partial charge in [0, 0.05) is 6.54 Å². The van der Waals surface area contributed by atoms with Gasteiger partial charge in [-0.2, -0.15) is 13.2 Å². The zero-order valence-electron chi connectivity index (χ0n) is 8.55. The van der Waals surface area contributed by atoms with Gasteiger partial charge in [0.2, 0.25) is 10.1 Å². The normalized spacial score (nSPS) is 17.9. The minimum atomic E-state index is -4.38. The third-order valence-electron chi connectivity index (χ3n) is 2.68. The fraction of sp³-hybridized carbons (Fsp3) is 0.778. The lowest BCUT2D eigenvalue weighted by Crippen LogP contribution is -2.10. The third kappa shape index (κ3) is 2.84. The Labute approximate surface area is 95.1 Å². The Bertz CT molecular complexity index is 344. The summed E-state index contributed by atoms with van der Waals surface area (Å²) in [6.45, 7) is 0.701. The van der Waals surface area contributed by atoms with Crippen LogP contribution in [0.1, 0.15) is 30.7 Å². The number of halogens is 3. The predicted octanol–water partition coefficient (Wildman–Crippen LogP) is 3.16. The van der Waals surface area contributed by atoms with E-state index in [1.165, 1.54) is 12.8 Å². The van der Waals surface area contributed by atoms with Crippen molar-refractivity contribution < 1.29 is 13.2 Å². The third-order valence-corrected chi connectivity index (χ3v) is 3.61. The minimum absolute atomic E-state index is 0.263. The lowest BCUT2D eigenvalue weighted by atomic mass is 10.1. The van der Waals surface area contributed by atoms with E-state index >= 15 is 0 Å². The Morgan fingerprint density at radius 3 is 2.50 bits per heavy atom. The number of hydrogen-bond acceptors (Lipinski definition) is 4. The van der Waals surface area contributed by atoms with Gasteiger partial charge in [-0.1, -0.05) is 24.2 Å². The molecule has 90 valence electrons. The van der Waals surface area contributed by atoms with Crippen LogP contribution in [0.5, 0.6) is 0 Å². The van der Waals surface area contributed by atoms with Crippen molar-refractivity contribution in [3.8, 4) is 0 Å². The Kier molecular flexibility index (Phi) is 3.32. The maximum absolute atomic E-state index is 12.2. The molecule has 3 nitrogen and oxygen atoms in total. The van der Waals surface area contributed by atoms with Gasteiger partial charge in [0.25, 0.3) is 0 Å². The van der Waals surface area contributed by atoms with E-state index < -0.39 is 11.2 Å². The van der Waals surface area contributed by atoms with Crippen molar-refractivity contribution >= 4 is 16.5 Å². The van der Waals surface area contributed by atoms with Gasteiger partial charge in [-0.15, -0.1) is 10.2 Å². The number of rotatable bonds is 3. The highest BCUT2D eigenvalue weighted by molar-refractivity contribution is 7.15. The standard InChI is InChI=1S/C9H12F3N3S/c10-9(11,12)7-14-15-8(16-7)13-5-6-3-1-2-4-6/h6H,1-5H2,(H,13,15). The Balaban J connectivity index is 1.87. The molecule has 0 saturated heterocycles. The molecular weight excluding hydrogens is 239 g/mol. The molecule has 1 aliphatic rings. The molecule has 16 heavy (non-hydrogen) atoms. The van der Waals surface area contributed by atoms with E-state index in [0.29, 0.717) is 23.8 Å². The predicted molar refractivity (Wildman–Crippen MR) is 55.4 cm³/mol. The van der Waals surface area contributed by atoms with Gasteiger partial charge >= 0.3 is 6.18 Å². The maximum atomic E-state index is 12.2. The van der Waals surface area contributed by atoms with Crippen LogP contribution in [-0.4, -0.2) is 16.7 Å². The van der Waals surface area contributed by atoms with Crippen LogP contribution in [0.25, 0.3) is 0 Å². The van der Waals surface area contributed by atoms with Crippen LogP contribution >= 0.6 is 11.3 Å².